The molecular weight excluding hydrogens is 306 g/mol. The highest BCUT2D eigenvalue weighted by atomic mass is 35.5. The Morgan fingerprint density at radius 1 is 1.29 bits per heavy atom. The van der Waals surface area contributed by atoms with E-state index in [2.05, 4.69) is 22.2 Å². The van der Waals surface area contributed by atoms with Crippen molar-refractivity contribution in [2.75, 3.05) is 0 Å². The molecule has 0 bridgehead atoms. The second-order valence-corrected chi connectivity index (χ2v) is 7.59. The van der Waals surface area contributed by atoms with Crippen molar-refractivity contribution < 1.29 is 0 Å². The first-order chi connectivity index (χ1) is 6.35. The second-order valence-electron chi connectivity index (χ2n) is 2.22. The van der Waals surface area contributed by atoms with E-state index in [0.717, 1.165) is 11.8 Å². The van der Waals surface area contributed by atoms with Crippen LogP contribution in [0.5, 0.6) is 0 Å². The fourth-order valence-corrected chi connectivity index (χ4v) is 2.71. The highest BCUT2D eigenvalue weighted by Gasteiger charge is 2.67. The van der Waals surface area contributed by atoms with Crippen molar-refractivity contribution in [2.24, 2.45) is 0 Å². The number of alkyl halides is 4. The molecule has 0 amide bonds. The summed E-state index contributed by atoms with van der Waals surface area (Å²) in [5.41, 5.74) is 0. The van der Waals surface area contributed by atoms with Crippen LogP contribution in [0.15, 0.2) is 18.5 Å². The molecule has 2 rings (SSSR count). The second kappa shape index (κ2) is 4.76. The zero-order valence-electron chi connectivity index (χ0n) is 6.51. The number of aromatic nitrogens is 2. The van der Waals surface area contributed by atoms with Crippen LogP contribution in [0.3, 0.4) is 0 Å². The van der Waals surface area contributed by atoms with Gasteiger partial charge in [0.25, 0.3) is 0 Å². The largest absolute Gasteiger partial charge is 0.337 e. The van der Waals surface area contributed by atoms with Gasteiger partial charge in [-0.15, -0.1) is 0 Å². The maximum Gasteiger partial charge on any atom is 0.208 e. The number of hydrogen-bond acceptors (Lipinski definition) is 3. The van der Waals surface area contributed by atoms with E-state index in [1.54, 1.807) is 18.5 Å². The van der Waals surface area contributed by atoms with E-state index in [-0.39, 0.29) is 0 Å². The maximum absolute atomic E-state index is 5.40. The Morgan fingerprint density at radius 3 is 1.93 bits per heavy atom. The molecule has 0 spiro atoms. The summed E-state index contributed by atoms with van der Waals surface area (Å²) in [4.78, 5) is 6.47. The van der Waals surface area contributed by atoms with Crippen LogP contribution in [0, 0.1) is 4.77 Å². The summed E-state index contributed by atoms with van der Waals surface area (Å²) in [6.07, 6.45) is 3.40. The molecule has 78 valence electrons. The monoisotopic (exact) mass is 308 g/mol. The molecule has 0 unspecified atom stereocenters. The molecule has 0 saturated carbocycles. The van der Waals surface area contributed by atoms with Crippen LogP contribution in [-0.4, -0.2) is 17.3 Å². The van der Waals surface area contributed by atoms with Crippen molar-refractivity contribution in [1.82, 2.24) is 9.97 Å². The minimum absolute atomic E-state index is 0.530. The molecule has 2 nitrogen and oxygen atoms in total. The fraction of sp³-hybridized carbons (Fsp3) is 0.333. The molecule has 1 N–H and O–H groups in total. The van der Waals surface area contributed by atoms with Crippen LogP contribution in [0.1, 0.15) is 0 Å². The smallest absolute Gasteiger partial charge is 0.208 e. The number of hydrogen-bond donors (Lipinski definition) is 1. The molecule has 0 aromatic carbocycles. The third-order valence-corrected chi connectivity index (χ3v) is 5.17. The molecule has 1 saturated heterocycles. The van der Waals surface area contributed by atoms with E-state index < -0.39 is 7.33 Å². The van der Waals surface area contributed by atoms with Crippen LogP contribution < -0.4 is 0 Å². The first-order valence-corrected chi connectivity index (χ1v) is 6.04. The molecule has 1 aliphatic rings. The lowest BCUT2D eigenvalue weighted by Gasteiger charge is -1.90. The van der Waals surface area contributed by atoms with Crippen molar-refractivity contribution >= 4 is 70.4 Å². The molecule has 1 fully saturated rings. The minimum atomic E-state index is -0.962. The third kappa shape index (κ3) is 3.76. The van der Waals surface area contributed by atoms with Gasteiger partial charge in [0, 0.05) is 12.4 Å². The highest BCUT2D eigenvalue weighted by Crippen LogP contribution is 2.74. The van der Waals surface area contributed by atoms with Gasteiger partial charge >= 0.3 is 0 Å². The minimum Gasteiger partial charge on any atom is -0.337 e. The van der Waals surface area contributed by atoms with Crippen molar-refractivity contribution in [1.29, 1.82) is 0 Å². The SMILES string of the molecule is ClC1(Cl)SC1(Cl)Cl.S=c1nccc[nH]1. The first kappa shape index (κ1) is 12.9. The lowest BCUT2D eigenvalue weighted by molar-refractivity contribution is 1.13. The summed E-state index contributed by atoms with van der Waals surface area (Å²) < 4.78 is -1.39. The van der Waals surface area contributed by atoms with E-state index in [1.807, 2.05) is 0 Å². The van der Waals surface area contributed by atoms with E-state index in [9.17, 15) is 0 Å². The molecule has 0 aliphatic carbocycles. The van der Waals surface area contributed by atoms with Crippen LogP contribution >= 0.6 is 70.4 Å². The first-order valence-electron chi connectivity index (χ1n) is 3.31. The fourth-order valence-electron chi connectivity index (χ4n) is 0.446. The number of rotatable bonds is 0. The molecule has 8 heteroatoms. The van der Waals surface area contributed by atoms with Crippen molar-refractivity contribution in [2.45, 2.75) is 7.33 Å². The number of halogens is 4. The van der Waals surface area contributed by atoms with Gasteiger partial charge in [-0.3, -0.25) is 0 Å². The van der Waals surface area contributed by atoms with E-state index in [4.69, 9.17) is 46.4 Å². The van der Waals surface area contributed by atoms with Gasteiger partial charge in [-0.25, -0.2) is 4.98 Å². The molecule has 0 atom stereocenters. The van der Waals surface area contributed by atoms with Gasteiger partial charge in [0.15, 0.2) is 4.77 Å². The highest BCUT2D eigenvalue weighted by molar-refractivity contribution is 8.16. The molecule has 1 aliphatic heterocycles. The van der Waals surface area contributed by atoms with Crippen LogP contribution in [-0.2, 0) is 0 Å². The van der Waals surface area contributed by atoms with Gasteiger partial charge in [-0.05, 0) is 18.3 Å². The predicted octanol–water partition coefficient (Wildman–Crippen LogP) is 4.14. The van der Waals surface area contributed by atoms with Crippen molar-refractivity contribution in [3.8, 4) is 0 Å². The van der Waals surface area contributed by atoms with Crippen LogP contribution in [0.2, 0.25) is 0 Å². The molecule has 1 aromatic heterocycles. The quantitative estimate of drug-likeness (QED) is 0.444. The molecule has 0 radical (unpaired) electrons. The number of H-pyrrole nitrogens is 1. The predicted molar refractivity (Wildman–Crippen MR) is 65.9 cm³/mol. The van der Waals surface area contributed by atoms with Crippen molar-refractivity contribution in [3.05, 3.63) is 23.2 Å². The van der Waals surface area contributed by atoms with E-state index in [0.29, 0.717) is 4.77 Å². The normalized spacial score (nSPS) is 20.6. The van der Waals surface area contributed by atoms with Gasteiger partial charge in [0.05, 0.1) is 0 Å². The molecular formula is C6H4Cl4N2S2. The lowest BCUT2D eigenvalue weighted by Crippen LogP contribution is -1.96. The Labute approximate surface area is 110 Å². The summed E-state index contributed by atoms with van der Waals surface area (Å²) in [6, 6.07) is 1.79. The topological polar surface area (TPSA) is 28.7 Å². The van der Waals surface area contributed by atoms with E-state index in [1.165, 1.54) is 0 Å². The van der Waals surface area contributed by atoms with Gasteiger partial charge < -0.3 is 4.98 Å². The van der Waals surface area contributed by atoms with Crippen LogP contribution in [0.4, 0.5) is 0 Å². The summed E-state index contributed by atoms with van der Waals surface area (Å²) in [7, 11) is 0. The number of nitrogens with one attached hydrogen (secondary N) is 1. The average molecular weight is 310 g/mol. The zero-order valence-corrected chi connectivity index (χ0v) is 11.2. The summed E-state index contributed by atoms with van der Waals surface area (Å²) in [5, 5.41) is 0. The molecule has 14 heavy (non-hydrogen) atoms. The summed E-state index contributed by atoms with van der Waals surface area (Å²) in [5.74, 6) is 0. The average Bonchev–Trinajstić information content (AvgIpc) is 2.49. The maximum atomic E-state index is 5.40. The molecule has 1 aromatic rings. The van der Waals surface area contributed by atoms with Gasteiger partial charge in [-0.1, -0.05) is 58.2 Å². The standard InChI is InChI=1S/C4H4N2S.C2Cl4S/c7-4-5-2-1-3-6-4;3-1(4)2(5,6)7-1/h1-3H,(H,5,6,7);. The Hall–Kier alpha value is 0.810. The Balaban J connectivity index is 0.000000140. The van der Waals surface area contributed by atoms with Crippen LogP contribution in [0.25, 0.3) is 0 Å². The number of aromatic amines is 1. The Morgan fingerprint density at radius 2 is 1.79 bits per heavy atom. The summed E-state index contributed by atoms with van der Waals surface area (Å²) >= 11 is 27.3. The molecule has 2 heterocycles. The number of thioether (sulfide) groups is 1. The summed E-state index contributed by atoms with van der Waals surface area (Å²) in [6.45, 7) is 0. The van der Waals surface area contributed by atoms with Gasteiger partial charge in [0.1, 0.15) is 0 Å². The lowest BCUT2D eigenvalue weighted by atomic mass is 10.7. The zero-order chi connectivity index (χ0) is 10.8. The van der Waals surface area contributed by atoms with Crippen molar-refractivity contribution in [3.63, 3.8) is 0 Å². The Bertz CT molecular complexity index is 335. The Kier molecular flexibility index (Phi) is 4.38. The van der Waals surface area contributed by atoms with Gasteiger partial charge in [-0.2, -0.15) is 0 Å². The van der Waals surface area contributed by atoms with Gasteiger partial charge in [0.2, 0.25) is 7.33 Å². The third-order valence-electron chi connectivity index (χ3n) is 1.13. The number of nitrogens with zero attached hydrogens (tertiary/aromatic N) is 1. The van der Waals surface area contributed by atoms with E-state index >= 15 is 0 Å².